The van der Waals surface area contributed by atoms with Gasteiger partial charge < -0.3 is 25.1 Å². The molecule has 1 aliphatic rings. The Morgan fingerprint density at radius 2 is 1.76 bits per heavy atom. The van der Waals surface area contributed by atoms with Crippen LogP contribution in [-0.2, 0) is 24.8 Å². The Balaban J connectivity index is 2.18. The molecule has 3 rings (SSSR count). The molecule has 0 saturated heterocycles. The summed E-state index contributed by atoms with van der Waals surface area (Å²) in [5.41, 5.74) is 0.544. The summed E-state index contributed by atoms with van der Waals surface area (Å²) in [7, 11) is -3.09. The summed E-state index contributed by atoms with van der Waals surface area (Å²) >= 11 is 0. The van der Waals surface area contributed by atoms with Gasteiger partial charge in [0, 0.05) is 28.2 Å². The van der Waals surface area contributed by atoms with Gasteiger partial charge in [0.1, 0.15) is 22.1 Å². The van der Waals surface area contributed by atoms with Crippen molar-refractivity contribution in [2.45, 2.75) is 38.6 Å². The molecular formula is C24H33N5O7S2. The Hall–Kier alpha value is -3.36. The van der Waals surface area contributed by atoms with E-state index in [9.17, 15) is 26.7 Å². The van der Waals surface area contributed by atoms with Crippen LogP contribution < -0.4 is 10.6 Å². The molecule has 1 aliphatic heterocycles. The average Bonchev–Trinajstić information content (AvgIpc) is 3.26. The number of aryl methyl sites for hydroxylation is 2. The lowest BCUT2D eigenvalue weighted by Crippen LogP contribution is -2.35. The molecule has 38 heavy (non-hydrogen) atoms. The van der Waals surface area contributed by atoms with Crippen molar-refractivity contribution >= 4 is 37.5 Å². The van der Waals surface area contributed by atoms with Crippen LogP contribution in [0.4, 0.5) is 5.69 Å². The number of aromatic hydroxyl groups is 1. The van der Waals surface area contributed by atoms with Crippen LogP contribution in [0.3, 0.4) is 0 Å². The number of rotatable bonds is 8. The predicted molar refractivity (Wildman–Crippen MR) is 144 cm³/mol. The number of carbonyl (C=O) groups is 1. The van der Waals surface area contributed by atoms with Crippen molar-refractivity contribution in [3.05, 3.63) is 52.0 Å². The van der Waals surface area contributed by atoms with Crippen molar-refractivity contribution in [1.29, 1.82) is 0 Å². The Morgan fingerprint density at radius 1 is 1.13 bits per heavy atom. The fourth-order valence-corrected chi connectivity index (χ4v) is 6.00. The Bertz CT molecular complexity index is 1520. The first-order chi connectivity index (χ1) is 17.5. The molecule has 1 aromatic carbocycles. The number of phenols is 1. The molecule has 3 N–H and O–H groups in total. The van der Waals surface area contributed by atoms with Crippen LogP contribution in [-0.4, -0.2) is 71.1 Å². The van der Waals surface area contributed by atoms with Crippen molar-refractivity contribution in [3.8, 4) is 5.75 Å². The number of likely N-dealkylation sites (N-methyl/N-ethyl adjacent to an activating group) is 1. The average molecular weight is 568 g/mol. The maximum atomic E-state index is 13.1. The number of nitrogens with zero attached hydrogens (tertiary/aromatic N) is 3. The number of carbonyl (C=O) groups excluding carboxylic acids is 1. The van der Waals surface area contributed by atoms with Gasteiger partial charge in [-0.2, -0.15) is 8.42 Å². The second-order valence-electron chi connectivity index (χ2n) is 9.64. The zero-order valence-electron chi connectivity index (χ0n) is 22.5. The van der Waals surface area contributed by atoms with E-state index in [2.05, 4.69) is 15.0 Å². The van der Waals surface area contributed by atoms with Crippen molar-refractivity contribution in [2.24, 2.45) is 10.3 Å². The molecule has 2 aromatic rings. The molecule has 2 heterocycles. The number of anilines is 1. The molecule has 1 amide bonds. The summed E-state index contributed by atoms with van der Waals surface area (Å²) in [5.74, 6) is -0.525. The molecule has 14 heteroatoms. The van der Waals surface area contributed by atoms with Crippen molar-refractivity contribution in [1.82, 2.24) is 14.5 Å². The summed E-state index contributed by atoms with van der Waals surface area (Å²) in [5, 5.41) is 16.7. The smallest absolute Gasteiger partial charge is 0.292 e. The largest absolute Gasteiger partial charge is 0.504 e. The second kappa shape index (κ2) is 10.4. The molecule has 0 fully saturated rings. The Labute approximate surface area is 223 Å². The summed E-state index contributed by atoms with van der Waals surface area (Å²) in [6.45, 7) is 7.50. The molecule has 0 unspecified atom stereocenters. The van der Waals surface area contributed by atoms with Crippen molar-refractivity contribution in [3.63, 3.8) is 0 Å². The van der Waals surface area contributed by atoms with Crippen molar-refractivity contribution in [2.75, 3.05) is 33.5 Å². The van der Waals surface area contributed by atoms with Gasteiger partial charge in [-0.25, -0.2) is 12.7 Å². The molecule has 0 spiro atoms. The number of hydrogen-bond acceptors (Lipinski definition) is 9. The van der Waals surface area contributed by atoms with Gasteiger partial charge in [-0.15, -0.1) is 4.40 Å². The monoisotopic (exact) mass is 567 g/mol. The van der Waals surface area contributed by atoms with Crippen LogP contribution in [0.15, 0.2) is 48.6 Å². The molecule has 0 saturated carbocycles. The summed E-state index contributed by atoms with van der Waals surface area (Å²) < 4.78 is 62.2. The first kappa shape index (κ1) is 29.2. The number of sulfonamides is 2. The number of furan rings is 1. The Kier molecular flexibility index (Phi) is 8.01. The minimum absolute atomic E-state index is 0.0952. The van der Waals surface area contributed by atoms with E-state index < -0.39 is 47.5 Å². The second-order valence-corrected chi connectivity index (χ2v) is 13.3. The maximum Gasteiger partial charge on any atom is 0.292 e. The molecule has 0 radical (unpaired) electrons. The molecule has 0 bridgehead atoms. The van der Waals surface area contributed by atoms with Gasteiger partial charge in [0.2, 0.25) is 10.0 Å². The number of amidine groups is 1. The van der Waals surface area contributed by atoms with E-state index in [4.69, 9.17) is 4.42 Å². The number of hydrogen-bond donors (Lipinski definition) is 3. The number of amides is 1. The highest BCUT2D eigenvalue weighted by atomic mass is 32.2. The van der Waals surface area contributed by atoms with Gasteiger partial charge in [-0.1, -0.05) is 19.9 Å². The molecule has 12 nitrogen and oxygen atoms in total. The minimum Gasteiger partial charge on any atom is -0.504 e. The topological polar surface area (TPSA) is 162 Å². The summed E-state index contributed by atoms with van der Waals surface area (Å²) in [6.07, 6.45) is 0. The van der Waals surface area contributed by atoms with Crippen LogP contribution >= 0.6 is 0 Å². The van der Waals surface area contributed by atoms with E-state index in [0.717, 1.165) is 14.8 Å². The van der Waals surface area contributed by atoms with Crippen LogP contribution in [0.5, 0.6) is 5.75 Å². The molecule has 208 valence electrons. The van der Waals surface area contributed by atoms with Gasteiger partial charge in [-0.05, 0) is 43.5 Å². The zero-order valence-corrected chi connectivity index (χ0v) is 24.2. The number of phenolic OH excluding ortho intramolecular Hbond substituents is 1. The van der Waals surface area contributed by atoms with Gasteiger partial charge in [0.05, 0.1) is 11.7 Å². The lowest BCUT2D eigenvalue weighted by atomic mass is 10.0. The van der Waals surface area contributed by atoms with Gasteiger partial charge in [0.15, 0.2) is 16.5 Å². The van der Waals surface area contributed by atoms with E-state index in [1.807, 2.05) is 33.8 Å². The first-order valence-electron chi connectivity index (χ1n) is 11.6. The minimum atomic E-state index is -4.46. The highest BCUT2D eigenvalue weighted by molar-refractivity contribution is 7.95. The predicted octanol–water partition coefficient (Wildman–Crippen LogP) is 2.29. The van der Waals surface area contributed by atoms with E-state index in [1.54, 1.807) is 0 Å². The summed E-state index contributed by atoms with van der Waals surface area (Å²) in [6, 6.07) is 5.25. The van der Waals surface area contributed by atoms with E-state index in [0.29, 0.717) is 11.5 Å². The van der Waals surface area contributed by atoms with Crippen LogP contribution in [0, 0.1) is 19.8 Å². The normalized spacial score (nSPS) is 16.1. The van der Waals surface area contributed by atoms with Gasteiger partial charge in [0.25, 0.3) is 15.9 Å². The highest BCUT2D eigenvalue weighted by Gasteiger charge is 2.40. The third-order valence-electron chi connectivity index (χ3n) is 6.00. The third-order valence-corrected chi connectivity index (χ3v) is 9.17. The van der Waals surface area contributed by atoms with E-state index in [1.165, 1.54) is 46.4 Å². The molecule has 1 atom stereocenters. The summed E-state index contributed by atoms with van der Waals surface area (Å²) in [4.78, 5) is 13.0. The zero-order chi connectivity index (χ0) is 28.7. The lowest BCUT2D eigenvalue weighted by Gasteiger charge is -2.23. The number of para-hydroxylation sites is 1. The lowest BCUT2D eigenvalue weighted by molar-refractivity contribution is -0.124. The SMILES string of the molecule is Cc1cc([C@H](NC2=NS(=O)(=O)C(C(=O)N(C)C)=C2Nc2cccc(S(=O)(=O)N(C)C)c2O)C(C)C)oc1C. The Morgan fingerprint density at radius 3 is 2.26 bits per heavy atom. The molecule has 0 aliphatic carbocycles. The third kappa shape index (κ3) is 5.42. The fourth-order valence-electron chi connectivity index (χ4n) is 3.71. The van der Waals surface area contributed by atoms with Gasteiger partial charge >= 0.3 is 0 Å². The van der Waals surface area contributed by atoms with E-state index in [-0.39, 0.29) is 23.1 Å². The first-order valence-corrected chi connectivity index (χ1v) is 14.5. The molecule has 1 aromatic heterocycles. The fraction of sp³-hybridized carbons (Fsp3) is 0.417. The standard InChI is InChI=1S/C24H33N5O7S2/c1-13(2)19(17-12-14(3)15(4)36-17)26-23-20(22(24(31)28(5)6)37(32,33)27-23)25-16-10-9-11-18(21(16)30)38(34,35)29(7)8/h9-13,19,25,30H,1-8H3,(H,26,27)/t19-/m1/s1. The van der Waals surface area contributed by atoms with Crippen LogP contribution in [0.1, 0.15) is 37.0 Å². The number of nitrogens with one attached hydrogen (secondary N) is 2. The van der Waals surface area contributed by atoms with Crippen molar-refractivity contribution < 1.29 is 31.2 Å². The van der Waals surface area contributed by atoms with E-state index >= 15 is 0 Å². The molecular weight excluding hydrogens is 534 g/mol. The highest BCUT2D eigenvalue weighted by Crippen LogP contribution is 2.36. The van der Waals surface area contributed by atoms with Crippen LogP contribution in [0.25, 0.3) is 0 Å². The van der Waals surface area contributed by atoms with Crippen LogP contribution in [0.2, 0.25) is 0 Å². The quantitative estimate of drug-likeness (QED) is 0.406. The maximum absolute atomic E-state index is 13.1. The van der Waals surface area contributed by atoms with Gasteiger partial charge in [-0.3, -0.25) is 4.79 Å². The number of benzene rings is 1.